The molecule has 0 bridgehead atoms. The molecule has 2 aromatic carbocycles. The fraction of sp³-hybridized carbons (Fsp3) is 0.208. The van der Waals surface area contributed by atoms with Crippen LogP contribution in [0, 0.1) is 12.7 Å². The highest BCUT2D eigenvalue weighted by Gasteiger charge is 2.34. The predicted octanol–water partition coefficient (Wildman–Crippen LogP) is 5.32. The van der Waals surface area contributed by atoms with Crippen LogP contribution < -0.4 is 0 Å². The Morgan fingerprint density at radius 1 is 1.09 bits per heavy atom. The third-order valence-corrected chi connectivity index (χ3v) is 5.32. The van der Waals surface area contributed by atoms with Crippen LogP contribution in [0.25, 0.3) is 22.2 Å². The molecule has 1 amide bonds. The van der Waals surface area contributed by atoms with Gasteiger partial charge in [0.15, 0.2) is 5.69 Å². The average Bonchev–Trinajstić information content (AvgIpc) is 3.20. The van der Waals surface area contributed by atoms with Gasteiger partial charge in [0.25, 0.3) is 5.91 Å². The van der Waals surface area contributed by atoms with E-state index < -0.39 is 24.4 Å². The summed E-state index contributed by atoms with van der Waals surface area (Å²) in [6, 6.07) is 11.6. The Kier molecular flexibility index (Phi) is 6.13. The van der Waals surface area contributed by atoms with Crippen molar-refractivity contribution in [2.45, 2.75) is 19.5 Å². The molecular weight excluding hydrogens is 436 g/mol. The maximum atomic E-state index is 13.7. The number of aromatic amines is 1. The first-order valence-electron chi connectivity index (χ1n) is 10.2. The Balaban J connectivity index is 1.65. The number of nitrogens with one attached hydrogen (secondary N) is 1. The Labute approximate surface area is 187 Å². The van der Waals surface area contributed by atoms with Gasteiger partial charge in [0.2, 0.25) is 0 Å². The Bertz CT molecular complexity index is 1300. The van der Waals surface area contributed by atoms with E-state index in [1.807, 2.05) is 24.3 Å². The standard InChI is InChI=1S/C24H20F4N4O/c1-15-12-16(6-7-19(15)25)21-22(30-10-9-29-21)23(33)32(14-24(26,27)28)11-8-17-13-31-20-5-3-2-4-18(17)20/h2-7,9-10,12-13,31H,8,11,14H2,1H3. The van der Waals surface area contributed by atoms with Gasteiger partial charge in [0, 0.05) is 41.6 Å². The number of fused-ring (bicyclic) bond motifs is 1. The minimum Gasteiger partial charge on any atom is -0.361 e. The number of hydrogen-bond donors (Lipinski definition) is 1. The number of aromatic nitrogens is 3. The van der Waals surface area contributed by atoms with E-state index in [0.29, 0.717) is 11.1 Å². The smallest absolute Gasteiger partial charge is 0.361 e. The highest BCUT2D eigenvalue weighted by Crippen LogP contribution is 2.26. The van der Waals surface area contributed by atoms with Gasteiger partial charge in [-0.15, -0.1) is 0 Å². The summed E-state index contributed by atoms with van der Waals surface area (Å²) in [6.45, 7) is -0.0425. The highest BCUT2D eigenvalue weighted by atomic mass is 19.4. The van der Waals surface area contributed by atoms with E-state index in [2.05, 4.69) is 15.0 Å². The lowest BCUT2D eigenvalue weighted by Gasteiger charge is -2.24. The molecule has 9 heteroatoms. The molecule has 0 saturated heterocycles. The van der Waals surface area contributed by atoms with Gasteiger partial charge in [-0.05, 0) is 48.7 Å². The lowest BCUT2D eigenvalue weighted by molar-refractivity contribution is -0.140. The summed E-state index contributed by atoms with van der Waals surface area (Å²) in [5, 5.41) is 0.888. The van der Waals surface area contributed by atoms with Crippen molar-refractivity contribution < 1.29 is 22.4 Å². The van der Waals surface area contributed by atoms with Gasteiger partial charge in [-0.2, -0.15) is 13.2 Å². The Morgan fingerprint density at radius 2 is 1.85 bits per heavy atom. The van der Waals surface area contributed by atoms with Crippen LogP contribution in [-0.4, -0.2) is 45.0 Å². The van der Waals surface area contributed by atoms with Crippen LogP contribution in [0.5, 0.6) is 0 Å². The van der Waals surface area contributed by atoms with Gasteiger partial charge >= 0.3 is 6.18 Å². The summed E-state index contributed by atoms with van der Waals surface area (Å²) in [5.41, 5.74) is 2.27. The molecule has 0 atom stereocenters. The van der Waals surface area contributed by atoms with E-state index in [1.54, 1.807) is 13.1 Å². The third-order valence-electron chi connectivity index (χ3n) is 5.32. The summed E-state index contributed by atoms with van der Waals surface area (Å²) < 4.78 is 53.7. The van der Waals surface area contributed by atoms with Crippen LogP contribution in [0.3, 0.4) is 0 Å². The van der Waals surface area contributed by atoms with E-state index in [-0.39, 0.29) is 24.4 Å². The molecule has 33 heavy (non-hydrogen) atoms. The van der Waals surface area contributed by atoms with E-state index in [4.69, 9.17) is 0 Å². The lowest BCUT2D eigenvalue weighted by Crippen LogP contribution is -2.40. The van der Waals surface area contributed by atoms with Gasteiger partial charge in [-0.3, -0.25) is 9.78 Å². The lowest BCUT2D eigenvalue weighted by atomic mass is 10.1. The number of H-pyrrole nitrogens is 1. The van der Waals surface area contributed by atoms with Crippen LogP contribution in [0.4, 0.5) is 17.6 Å². The number of halogens is 4. The molecule has 2 aromatic heterocycles. The van der Waals surface area contributed by atoms with Gasteiger partial charge in [0.1, 0.15) is 18.1 Å². The number of alkyl halides is 3. The SMILES string of the molecule is Cc1cc(-c2nccnc2C(=O)N(CCc2c[nH]c3ccccc23)CC(F)(F)F)ccc1F. The summed E-state index contributed by atoms with van der Waals surface area (Å²) >= 11 is 0. The van der Waals surface area contributed by atoms with E-state index >= 15 is 0 Å². The molecule has 1 N–H and O–H groups in total. The number of amides is 1. The van der Waals surface area contributed by atoms with Crippen LogP contribution in [0.1, 0.15) is 21.6 Å². The molecule has 0 saturated carbocycles. The molecule has 0 fully saturated rings. The fourth-order valence-corrected chi connectivity index (χ4v) is 3.71. The monoisotopic (exact) mass is 456 g/mol. The molecule has 2 heterocycles. The molecule has 170 valence electrons. The number of rotatable bonds is 6. The third kappa shape index (κ3) is 5.02. The van der Waals surface area contributed by atoms with Crippen molar-refractivity contribution in [2.75, 3.05) is 13.1 Å². The van der Waals surface area contributed by atoms with Crippen molar-refractivity contribution >= 4 is 16.8 Å². The molecule has 0 unspecified atom stereocenters. The second-order valence-corrected chi connectivity index (χ2v) is 7.67. The maximum Gasteiger partial charge on any atom is 0.406 e. The predicted molar refractivity (Wildman–Crippen MR) is 116 cm³/mol. The molecule has 4 rings (SSSR count). The number of benzene rings is 2. The summed E-state index contributed by atoms with van der Waals surface area (Å²) in [5.74, 6) is -1.33. The van der Waals surface area contributed by atoms with E-state index in [9.17, 15) is 22.4 Å². The van der Waals surface area contributed by atoms with Gasteiger partial charge < -0.3 is 9.88 Å². The first-order chi connectivity index (χ1) is 15.7. The Morgan fingerprint density at radius 3 is 2.61 bits per heavy atom. The average molecular weight is 456 g/mol. The molecule has 0 radical (unpaired) electrons. The van der Waals surface area contributed by atoms with Crippen LogP contribution in [0.2, 0.25) is 0 Å². The van der Waals surface area contributed by atoms with Gasteiger partial charge in [-0.25, -0.2) is 9.37 Å². The van der Waals surface area contributed by atoms with Crippen molar-refractivity contribution in [3.63, 3.8) is 0 Å². The summed E-state index contributed by atoms with van der Waals surface area (Å²) in [4.78, 5) is 25.2. The quantitative estimate of drug-likeness (QED) is 0.400. The van der Waals surface area contributed by atoms with Crippen LogP contribution in [-0.2, 0) is 6.42 Å². The van der Waals surface area contributed by atoms with Gasteiger partial charge in [0.05, 0.1) is 0 Å². The zero-order valence-corrected chi connectivity index (χ0v) is 17.7. The summed E-state index contributed by atoms with van der Waals surface area (Å²) in [6.07, 6.45) is -0.0544. The van der Waals surface area contributed by atoms with E-state index in [0.717, 1.165) is 21.4 Å². The number of nitrogens with zero attached hydrogens (tertiary/aromatic N) is 3. The minimum atomic E-state index is -4.59. The second-order valence-electron chi connectivity index (χ2n) is 7.67. The normalized spacial score (nSPS) is 11.7. The van der Waals surface area contributed by atoms with Crippen LogP contribution >= 0.6 is 0 Å². The molecule has 0 spiro atoms. The van der Waals surface area contributed by atoms with Crippen molar-refractivity contribution in [1.82, 2.24) is 19.9 Å². The van der Waals surface area contributed by atoms with Crippen molar-refractivity contribution in [2.24, 2.45) is 0 Å². The molecule has 0 aliphatic heterocycles. The van der Waals surface area contributed by atoms with Gasteiger partial charge in [-0.1, -0.05) is 18.2 Å². The molecule has 5 nitrogen and oxygen atoms in total. The second kappa shape index (κ2) is 9.01. The zero-order chi connectivity index (χ0) is 23.6. The number of para-hydroxylation sites is 1. The fourth-order valence-electron chi connectivity index (χ4n) is 3.71. The molecular formula is C24H20F4N4O. The van der Waals surface area contributed by atoms with E-state index in [1.165, 1.54) is 30.6 Å². The molecule has 0 aliphatic rings. The largest absolute Gasteiger partial charge is 0.406 e. The van der Waals surface area contributed by atoms with Crippen molar-refractivity contribution in [3.05, 3.63) is 83.7 Å². The minimum absolute atomic E-state index is 0.102. The summed E-state index contributed by atoms with van der Waals surface area (Å²) in [7, 11) is 0. The molecule has 4 aromatic rings. The highest BCUT2D eigenvalue weighted by molar-refractivity contribution is 5.98. The maximum absolute atomic E-state index is 13.7. The van der Waals surface area contributed by atoms with Crippen molar-refractivity contribution in [1.29, 1.82) is 0 Å². The number of hydrogen-bond acceptors (Lipinski definition) is 3. The number of carbonyl (C=O) groups excluding carboxylic acids is 1. The number of carbonyl (C=O) groups is 1. The molecule has 0 aliphatic carbocycles. The van der Waals surface area contributed by atoms with Crippen LogP contribution in [0.15, 0.2) is 61.1 Å². The Hall–Kier alpha value is -3.75. The first kappa shape index (κ1) is 22.4. The topological polar surface area (TPSA) is 61.9 Å². The van der Waals surface area contributed by atoms with Crippen molar-refractivity contribution in [3.8, 4) is 11.3 Å². The first-order valence-corrected chi connectivity index (χ1v) is 10.2. The zero-order valence-electron chi connectivity index (χ0n) is 17.7. The number of aryl methyl sites for hydroxylation is 1.